The molecule has 0 bridgehead atoms. The Morgan fingerprint density at radius 2 is 2.06 bits per heavy atom. The van der Waals surface area contributed by atoms with Crippen molar-refractivity contribution in [3.63, 3.8) is 0 Å². The number of imidazole rings is 1. The number of nitrogens with one attached hydrogen (secondary N) is 2. The average Bonchev–Trinajstić information content (AvgIpc) is 3.10. The maximum absolute atomic E-state index is 15.2. The molecular weight excluding hydrogens is 449 g/mol. The molecule has 0 aliphatic heterocycles. The lowest BCUT2D eigenvalue weighted by atomic mass is 9.93. The van der Waals surface area contributed by atoms with Crippen molar-refractivity contribution >= 4 is 28.3 Å². The first kappa shape index (κ1) is 21.2. The molecule has 1 aromatic carbocycles. The number of fused-ring (bicyclic) bond motifs is 2. The van der Waals surface area contributed by atoms with Crippen LogP contribution in [0.2, 0.25) is 0 Å². The van der Waals surface area contributed by atoms with Crippen LogP contribution < -0.4 is 11.1 Å². The zero-order valence-corrected chi connectivity index (χ0v) is 16.9. The molecule has 3 aromatic heterocycles. The molecule has 1 unspecified atom stereocenters. The second-order valence-electron chi connectivity index (χ2n) is 7.93. The van der Waals surface area contributed by atoms with Gasteiger partial charge in [-0.1, -0.05) is 0 Å². The van der Waals surface area contributed by atoms with Gasteiger partial charge >= 0.3 is 6.18 Å². The molecule has 4 aromatic rings. The van der Waals surface area contributed by atoms with E-state index in [0.717, 1.165) is 6.20 Å². The summed E-state index contributed by atoms with van der Waals surface area (Å²) in [5.41, 5.74) is 3.46. The van der Waals surface area contributed by atoms with Crippen LogP contribution in [0.5, 0.6) is 0 Å². The van der Waals surface area contributed by atoms with Crippen molar-refractivity contribution in [1.82, 2.24) is 24.6 Å². The second-order valence-corrected chi connectivity index (χ2v) is 7.93. The number of carbonyl (C=O) groups excluding carboxylic acids is 1. The van der Waals surface area contributed by atoms with Crippen LogP contribution in [-0.2, 0) is 11.0 Å². The summed E-state index contributed by atoms with van der Waals surface area (Å²) in [7, 11) is 0. The third-order valence-corrected chi connectivity index (χ3v) is 5.52. The molecule has 3 heterocycles. The van der Waals surface area contributed by atoms with Gasteiger partial charge in [-0.2, -0.15) is 18.3 Å². The number of aromatic amines is 1. The van der Waals surface area contributed by atoms with E-state index in [0.29, 0.717) is 0 Å². The Hall–Kier alpha value is -3.61. The summed E-state index contributed by atoms with van der Waals surface area (Å²) in [6.45, 7) is 1.37. The highest BCUT2D eigenvalue weighted by molar-refractivity contribution is 5.98. The lowest BCUT2D eigenvalue weighted by molar-refractivity contribution is -0.139. The minimum absolute atomic E-state index is 0.000706. The fraction of sp³-hybridized carbons (Fsp3) is 0.300. The maximum Gasteiger partial charge on any atom is 0.419 e. The lowest BCUT2D eigenvalue weighted by Gasteiger charge is -2.19. The van der Waals surface area contributed by atoms with Crippen molar-refractivity contribution < 1.29 is 26.7 Å². The van der Waals surface area contributed by atoms with Gasteiger partial charge in [0.1, 0.15) is 17.6 Å². The Morgan fingerprint density at radius 1 is 1.33 bits per heavy atom. The fourth-order valence-electron chi connectivity index (χ4n) is 3.87. The monoisotopic (exact) mass is 465 g/mol. The predicted octanol–water partition coefficient (Wildman–Crippen LogP) is 3.75. The van der Waals surface area contributed by atoms with E-state index in [-0.39, 0.29) is 40.0 Å². The van der Waals surface area contributed by atoms with Gasteiger partial charge in [0.2, 0.25) is 5.91 Å². The maximum atomic E-state index is 15.2. The summed E-state index contributed by atoms with van der Waals surface area (Å²) in [6.07, 6.45) is -1.19. The van der Waals surface area contributed by atoms with Crippen molar-refractivity contribution in [3.8, 4) is 11.3 Å². The fourth-order valence-corrected chi connectivity index (χ4v) is 3.87. The van der Waals surface area contributed by atoms with E-state index >= 15 is 4.39 Å². The Bertz CT molecular complexity index is 1410. The molecule has 3 atom stereocenters. The molecule has 33 heavy (non-hydrogen) atoms. The smallest absolute Gasteiger partial charge is 0.324 e. The van der Waals surface area contributed by atoms with Crippen molar-refractivity contribution in [3.05, 3.63) is 41.7 Å². The van der Waals surface area contributed by atoms with Crippen LogP contribution in [0.4, 0.5) is 27.8 Å². The first-order valence-electron chi connectivity index (χ1n) is 9.87. The van der Waals surface area contributed by atoms with Gasteiger partial charge in [-0.05, 0) is 13.3 Å². The molecule has 172 valence electrons. The van der Waals surface area contributed by atoms with Gasteiger partial charge in [-0.15, -0.1) is 0 Å². The first-order valence-corrected chi connectivity index (χ1v) is 9.87. The van der Waals surface area contributed by atoms with Crippen molar-refractivity contribution in [1.29, 1.82) is 0 Å². The molecule has 5 rings (SSSR count). The SMILES string of the molecule is CC(N)c1c(F)c(C(F)(F)F)c(-c2cn3cc(NC(=O)[C@@H]4C[C@@H]4F)nc3cn2)c2cn[nH]c12. The zero-order chi connectivity index (χ0) is 23.7. The number of anilines is 1. The summed E-state index contributed by atoms with van der Waals surface area (Å²) in [5.74, 6) is -2.69. The number of H-pyrrole nitrogens is 1. The number of aromatic nitrogens is 5. The third kappa shape index (κ3) is 3.48. The van der Waals surface area contributed by atoms with Gasteiger partial charge in [0, 0.05) is 28.8 Å². The first-order chi connectivity index (χ1) is 15.6. The minimum Gasteiger partial charge on any atom is -0.324 e. The number of amides is 1. The molecule has 1 saturated carbocycles. The van der Waals surface area contributed by atoms with Gasteiger partial charge in [-0.25, -0.2) is 13.8 Å². The van der Waals surface area contributed by atoms with Crippen molar-refractivity contribution in [2.45, 2.75) is 31.7 Å². The molecule has 1 aliphatic carbocycles. The number of nitrogens with two attached hydrogens (primary N) is 1. The molecule has 13 heteroatoms. The molecule has 1 fully saturated rings. The van der Waals surface area contributed by atoms with Crippen LogP contribution in [0.3, 0.4) is 0 Å². The molecule has 0 saturated heterocycles. The van der Waals surface area contributed by atoms with Crippen molar-refractivity contribution in [2.24, 2.45) is 11.7 Å². The van der Waals surface area contributed by atoms with E-state index < -0.39 is 47.2 Å². The highest BCUT2D eigenvalue weighted by Crippen LogP contribution is 2.44. The summed E-state index contributed by atoms with van der Waals surface area (Å²) in [5, 5.41) is 8.77. The van der Waals surface area contributed by atoms with Gasteiger partial charge in [-0.3, -0.25) is 14.9 Å². The highest BCUT2D eigenvalue weighted by atomic mass is 19.4. The average molecular weight is 465 g/mol. The summed E-state index contributed by atoms with van der Waals surface area (Å²) in [4.78, 5) is 20.1. The molecule has 8 nitrogen and oxygen atoms in total. The van der Waals surface area contributed by atoms with E-state index in [9.17, 15) is 22.4 Å². The van der Waals surface area contributed by atoms with Gasteiger partial charge in [0.25, 0.3) is 0 Å². The number of rotatable bonds is 4. The van der Waals surface area contributed by atoms with Crippen LogP contribution >= 0.6 is 0 Å². The van der Waals surface area contributed by atoms with E-state index in [1.165, 1.54) is 29.9 Å². The molecule has 1 amide bonds. The number of carbonyl (C=O) groups is 1. The van der Waals surface area contributed by atoms with Gasteiger partial charge in [0.05, 0.1) is 35.7 Å². The normalized spacial score (nSPS) is 19.2. The van der Waals surface area contributed by atoms with Crippen molar-refractivity contribution in [2.75, 3.05) is 5.32 Å². The Balaban J connectivity index is 1.67. The van der Waals surface area contributed by atoms with E-state index in [1.54, 1.807) is 0 Å². The van der Waals surface area contributed by atoms with Crippen LogP contribution in [-0.4, -0.2) is 36.6 Å². The molecule has 4 N–H and O–H groups in total. The molecule has 1 aliphatic rings. The number of hydrogen-bond donors (Lipinski definition) is 3. The zero-order valence-electron chi connectivity index (χ0n) is 16.9. The Morgan fingerprint density at radius 3 is 2.70 bits per heavy atom. The number of halogens is 5. The van der Waals surface area contributed by atoms with E-state index in [1.807, 2.05) is 0 Å². The lowest BCUT2D eigenvalue weighted by Crippen LogP contribution is -2.17. The Labute approximate surface area is 182 Å². The summed E-state index contributed by atoms with van der Waals surface area (Å²) >= 11 is 0. The quantitative estimate of drug-likeness (QED) is 0.398. The molecule has 0 radical (unpaired) electrons. The largest absolute Gasteiger partial charge is 0.419 e. The van der Waals surface area contributed by atoms with Crippen LogP contribution in [0.25, 0.3) is 27.8 Å². The van der Waals surface area contributed by atoms with Crippen LogP contribution in [0, 0.1) is 11.7 Å². The van der Waals surface area contributed by atoms with Crippen LogP contribution in [0.15, 0.2) is 24.8 Å². The highest BCUT2D eigenvalue weighted by Gasteiger charge is 2.44. The van der Waals surface area contributed by atoms with Gasteiger partial charge in [0.15, 0.2) is 11.5 Å². The summed E-state index contributed by atoms with van der Waals surface area (Å²) in [6, 6.07) is -1.03. The molecule has 0 spiro atoms. The Kier molecular flexibility index (Phi) is 4.64. The topological polar surface area (TPSA) is 114 Å². The number of hydrogen-bond acceptors (Lipinski definition) is 5. The third-order valence-electron chi connectivity index (χ3n) is 5.52. The van der Waals surface area contributed by atoms with E-state index in [2.05, 4.69) is 25.5 Å². The summed E-state index contributed by atoms with van der Waals surface area (Å²) < 4.78 is 71.6. The second kappa shape index (κ2) is 7.20. The number of benzene rings is 1. The van der Waals surface area contributed by atoms with Gasteiger partial charge < -0.3 is 15.5 Å². The standard InChI is InChI=1S/C20H16F5N7O/c1-7(26)14-17(22)16(20(23,24)25)15(9-3-28-31-18(9)14)11-5-32-6-12(29-13(32)4-27-11)30-19(33)8-2-10(8)21/h3-8,10H,2,26H2,1H3,(H,28,31)(H,30,33)/t7?,8-,10+/m1/s1. The minimum atomic E-state index is -5.05. The molecular formula is C20H16F5N7O. The number of nitrogens with zero attached hydrogens (tertiary/aromatic N) is 4. The predicted molar refractivity (Wildman–Crippen MR) is 107 cm³/mol. The number of alkyl halides is 4. The van der Waals surface area contributed by atoms with E-state index in [4.69, 9.17) is 5.73 Å². The van der Waals surface area contributed by atoms with Crippen LogP contribution in [0.1, 0.15) is 30.5 Å².